The van der Waals surface area contributed by atoms with E-state index in [1.54, 1.807) is 0 Å². The van der Waals surface area contributed by atoms with E-state index in [2.05, 4.69) is 15.0 Å². The second-order valence-electron chi connectivity index (χ2n) is 9.51. The Bertz CT molecular complexity index is 1760. The molecule has 24 heteroatoms. The molecule has 3 aromatic heterocycles. The van der Waals surface area contributed by atoms with Crippen LogP contribution in [0.25, 0.3) is 11.2 Å². The molecule has 6 rings (SSSR count). The predicted molar refractivity (Wildman–Crippen MR) is 142 cm³/mol. The normalized spacial score (nSPS) is 38.1. The van der Waals surface area contributed by atoms with Crippen molar-refractivity contribution in [3.05, 3.63) is 45.8 Å². The molecule has 0 amide bonds. The number of hydrogen-bond acceptors (Lipinski definition) is 16. The number of fused-ring (bicyclic) bond motifs is 4. The number of anilines is 1. The molecule has 44 heavy (non-hydrogen) atoms. The Morgan fingerprint density at radius 3 is 2.55 bits per heavy atom. The molecular formula is C20H23F2N7O12P2S. The number of halogens is 2. The fraction of sp³-hybridized carbons (Fsp3) is 0.550. The molecule has 3 aliphatic heterocycles. The van der Waals surface area contributed by atoms with Crippen molar-refractivity contribution in [3.63, 3.8) is 0 Å². The number of phosphoric acid groups is 1. The molecule has 19 nitrogen and oxygen atoms in total. The average Bonchev–Trinajstić information content (AvgIpc) is 3.61. The highest BCUT2D eigenvalue weighted by atomic mass is 32.7. The zero-order valence-corrected chi connectivity index (χ0v) is 24.8. The summed E-state index contributed by atoms with van der Waals surface area (Å²) >= 11 is 0.165. The minimum absolute atomic E-state index is 0.00593. The summed E-state index contributed by atoms with van der Waals surface area (Å²) in [5.41, 5.74) is 4.21. The van der Waals surface area contributed by atoms with Gasteiger partial charge in [0.2, 0.25) is 0 Å². The van der Waals surface area contributed by atoms with Crippen LogP contribution in [0.5, 0.6) is 0 Å². The Balaban J connectivity index is 1.35. The van der Waals surface area contributed by atoms with Crippen molar-refractivity contribution in [1.29, 1.82) is 0 Å². The van der Waals surface area contributed by atoms with Crippen LogP contribution in [0.15, 0.2) is 34.5 Å². The van der Waals surface area contributed by atoms with E-state index in [4.69, 9.17) is 37.5 Å². The summed E-state index contributed by atoms with van der Waals surface area (Å²) in [6.07, 6.45) is -11.4. The molecule has 0 aliphatic carbocycles. The van der Waals surface area contributed by atoms with Crippen LogP contribution in [-0.4, -0.2) is 91.0 Å². The standard InChI is InChI=1S/C20H23F2N7O12P2S/c1-35-44-43(34)37-4-8-11(21)15(19(38-8)29-7-26-13-16(23)24-6-25-17(13)29)40-42(32,33)36-5-9-14(41-43)12(22)18(39-9)28-3-2-10(30)27-20(28)31/h2-3,6-9,11-12,14-15,18-19H,4-5H2,1H3,(H,32,33)(H2,23,24,25)(H,27,30,31)/t8-,9-,11-,12-,14-,15-,18-,19-,43?/m1/s1. The van der Waals surface area contributed by atoms with Crippen molar-refractivity contribution >= 4 is 43.3 Å². The molecule has 4 N–H and O–H groups in total. The maximum absolute atomic E-state index is 15.8. The van der Waals surface area contributed by atoms with Gasteiger partial charge in [-0.3, -0.25) is 37.0 Å². The fourth-order valence-corrected chi connectivity index (χ4v) is 8.24. The molecular weight excluding hydrogens is 662 g/mol. The van der Waals surface area contributed by atoms with Crippen LogP contribution in [-0.2, 0) is 40.9 Å². The number of ether oxygens (including phenoxy) is 2. The van der Waals surface area contributed by atoms with Crippen molar-refractivity contribution in [3.8, 4) is 0 Å². The van der Waals surface area contributed by atoms with Gasteiger partial charge in [0.1, 0.15) is 47.9 Å². The number of nitrogens with one attached hydrogen (secondary N) is 1. The Morgan fingerprint density at radius 1 is 1.05 bits per heavy atom. The first-order valence-corrected chi connectivity index (χ1v) is 16.9. The molecule has 3 aliphatic rings. The molecule has 3 fully saturated rings. The largest absolute Gasteiger partial charge is 0.472 e. The van der Waals surface area contributed by atoms with Gasteiger partial charge in [-0.25, -0.2) is 37.7 Å². The van der Waals surface area contributed by atoms with Gasteiger partial charge in [0.05, 0.1) is 26.7 Å². The van der Waals surface area contributed by atoms with Crippen LogP contribution in [0.2, 0.25) is 0 Å². The van der Waals surface area contributed by atoms with Gasteiger partial charge in [-0.2, -0.15) is 0 Å². The fourth-order valence-electron chi connectivity index (χ4n) is 4.85. The number of H-pyrrole nitrogens is 1. The van der Waals surface area contributed by atoms with E-state index in [1.165, 1.54) is 10.9 Å². The molecule has 2 unspecified atom stereocenters. The van der Waals surface area contributed by atoms with Crippen molar-refractivity contribution in [2.45, 2.75) is 49.2 Å². The highest BCUT2D eigenvalue weighted by Crippen LogP contribution is 2.64. The summed E-state index contributed by atoms with van der Waals surface area (Å²) in [5, 5.41) is 0. The van der Waals surface area contributed by atoms with E-state index in [9.17, 15) is 23.6 Å². The number of aromatic amines is 1. The molecule has 0 aromatic carbocycles. The third-order valence-electron chi connectivity index (χ3n) is 6.79. The molecule has 0 saturated carbocycles. The monoisotopic (exact) mass is 685 g/mol. The quantitative estimate of drug-likeness (QED) is 0.253. The predicted octanol–water partition coefficient (Wildman–Crippen LogP) is 0.750. The second kappa shape index (κ2) is 12.0. The van der Waals surface area contributed by atoms with Gasteiger partial charge in [-0.05, 0) is 0 Å². The SMILES string of the molecule is COSP1(=O)OC[C@H]2O[C@@H](n3cnc4c(N)ncnc43)[C@H](OP(=O)(O)OC[C@H]3O[C@@H](n4ccc(=O)[nH]c4=O)[C@H](F)[C@@H]3O1)[C@@H]2F. The van der Waals surface area contributed by atoms with Gasteiger partial charge in [-0.15, -0.1) is 0 Å². The zero-order chi connectivity index (χ0) is 31.4. The maximum Gasteiger partial charge on any atom is 0.472 e. The Hall–Kier alpha value is -2.62. The number of rotatable bonds is 4. The van der Waals surface area contributed by atoms with Gasteiger partial charge in [0, 0.05) is 12.3 Å². The lowest BCUT2D eigenvalue weighted by Crippen LogP contribution is -2.36. The van der Waals surface area contributed by atoms with E-state index in [1.807, 2.05) is 4.98 Å². The summed E-state index contributed by atoms with van der Waals surface area (Å²) in [4.78, 5) is 48.3. The number of nitrogen functional groups attached to an aromatic ring is 1. The first kappa shape index (κ1) is 31.4. The smallest absolute Gasteiger partial charge is 0.382 e. The van der Waals surface area contributed by atoms with Gasteiger partial charge in [0.15, 0.2) is 36.3 Å². The summed E-state index contributed by atoms with van der Waals surface area (Å²) < 4.78 is 97.6. The highest BCUT2D eigenvalue weighted by molar-refractivity contribution is 8.52. The molecule has 0 radical (unpaired) electrons. The lowest BCUT2D eigenvalue weighted by atomic mass is 10.1. The molecule has 0 spiro atoms. The molecule has 6 heterocycles. The number of phosphoric ester groups is 1. The molecule has 3 saturated heterocycles. The number of alkyl halides is 2. The Kier molecular flexibility index (Phi) is 8.52. The van der Waals surface area contributed by atoms with Gasteiger partial charge in [0.25, 0.3) is 5.56 Å². The van der Waals surface area contributed by atoms with Crippen LogP contribution < -0.4 is 17.0 Å². The second-order valence-corrected chi connectivity index (χ2v) is 14.5. The van der Waals surface area contributed by atoms with Crippen molar-refractivity contribution in [2.24, 2.45) is 0 Å². The van der Waals surface area contributed by atoms with Crippen molar-refractivity contribution in [1.82, 2.24) is 29.1 Å². The first-order chi connectivity index (χ1) is 20.9. The summed E-state index contributed by atoms with van der Waals surface area (Å²) in [6.45, 7) is -6.29. The number of aromatic nitrogens is 6. The molecule has 3 aromatic rings. The lowest BCUT2D eigenvalue weighted by molar-refractivity contribution is -0.0640. The highest BCUT2D eigenvalue weighted by Gasteiger charge is 2.55. The minimum atomic E-state index is -5.19. The minimum Gasteiger partial charge on any atom is -0.382 e. The average molecular weight is 685 g/mol. The van der Waals surface area contributed by atoms with E-state index < -0.39 is 88.3 Å². The molecule has 240 valence electrons. The van der Waals surface area contributed by atoms with Crippen LogP contribution >= 0.6 is 26.3 Å². The van der Waals surface area contributed by atoms with Crippen LogP contribution in [0.4, 0.5) is 14.6 Å². The lowest BCUT2D eigenvalue weighted by Gasteiger charge is -2.26. The first-order valence-electron chi connectivity index (χ1n) is 12.5. The van der Waals surface area contributed by atoms with Crippen LogP contribution in [0.1, 0.15) is 12.5 Å². The van der Waals surface area contributed by atoms with Crippen molar-refractivity contribution < 1.29 is 54.6 Å². The number of nitrogens with two attached hydrogens (primary N) is 1. The van der Waals surface area contributed by atoms with Crippen LogP contribution in [0.3, 0.4) is 0 Å². The molecule has 2 bridgehead atoms. The number of imidazole rings is 1. The van der Waals surface area contributed by atoms with Gasteiger partial charge >= 0.3 is 20.3 Å². The summed E-state index contributed by atoms with van der Waals surface area (Å²) in [5.74, 6) is -0.00593. The summed E-state index contributed by atoms with van der Waals surface area (Å²) in [6, 6.07) is 0.928. The zero-order valence-electron chi connectivity index (χ0n) is 22.2. The Labute approximate surface area is 248 Å². The van der Waals surface area contributed by atoms with Gasteiger partial charge < -0.3 is 24.3 Å². The topological polar surface area (TPSA) is 243 Å². The third kappa shape index (κ3) is 5.87. The number of nitrogens with zero attached hydrogens (tertiary/aromatic N) is 5. The van der Waals surface area contributed by atoms with E-state index in [-0.39, 0.29) is 28.6 Å². The van der Waals surface area contributed by atoms with E-state index in [0.717, 1.165) is 25.7 Å². The summed E-state index contributed by atoms with van der Waals surface area (Å²) in [7, 11) is -4.08. The van der Waals surface area contributed by atoms with Gasteiger partial charge in [-0.1, -0.05) is 0 Å². The third-order valence-corrected chi connectivity index (χ3v) is 10.6. The van der Waals surface area contributed by atoms with Crippen LogP contribution in [0, 0.1) is 0 Å². The van der Waals surface area contributed by atoms with E-state index >= 15 is 8.78 Å². The van der Waals surface area contributed by atoms with E-state index in [0.29, 0.717) is 4.57 Å². The Morgan fingerprint density at radius 2 is 1.80 bits per heavy atom. The van der Waals surface area contributed by atoms with Crippen molar-refractivity contribution in [2.75, 3.05) is 26.1 Å². The number of hydrogen-bond donors (Lipinski definition) is 3. The maximum atomic E-state index is 15.8. The molecule has 10 atom stereocenters.